The van der Waals surface area contributed by atoms with Crippen LogP contribution in [0.5, 0.6) is 0 Å². The van der Waals surface area contributed by atoms with Gasteiger partial charge in [-0.05, 0) is 71.8 Å². The van der Waals surface area contributed by atoms with E-state index in [4.69, 9.17) is 0 Å². The number of hydrogen-bond donors (Lipinski definition) is 0. The van der Waals surface area contributed by atoms with E-state index in [1.807, 2.05) is 11.8 Å². The van der Waals surface area contributed by atoms with Gasteiger partial charge < -0.3 is 9.47 Å². The van der Waals surface area contributed by atoms with E-state index in [-0.39, 0.29) is 0 Å². The number of anilines is 3. The molecule has 0 radical (unpaired) electrons. The minimum Gasteiger partial charge on any atom is -0.309 e. The second kappa shape index (κ2) is 8.93. The molecule has 2 nitrogen and oxygen atoms in total. The van der Waals surface area contributed by atoms with Gasteiger partial charge in [0.15, 0.2) is 0 Å². The average molecular weight is 517 g/mol. The molecule has 39 heavy (non-hydrogen) atoms. The molecule has 0 amide bonds. The van der Waals surface area contributed by atoms with Gasteiger partial charge in [-0.25, -0.2) is 0 Å². The number of fused-ring (bicyclic) bond motifs is 5. The van der Waals surface area contributed by atoms with Crippen LogP contribution in [-0.2, 0) is 0 Å². The lowest BCUT2D eigenvalue weighted by molar-refractivity contribution is 1.17. The Morgan fingerprint density at radius 3 is 1.36 bits per heavy atom. The molecule has 2 heterocycles. The molecule has 0 unspecified atom stereocenters. The van der Waals surface area contributed by atoms with Gasteiger partial charge in [-0.3, -0.25) is 0 Å². The highest BCUT2D eigenvalue weighted by Gasteiger charge is 2.24. The van der Waals surface area contributed by atoms with Crippen LogP contribution in [0.1, 0.15) is 0 Å². The van der Waals surface area contributed by atoms with Crippen LogP contribution in [0.3, 0.4) is 0 Å². The summed E-state index contributed by atoms with van der Waals surface area (Å²) in [5, 5.41) is 2.57. The maximum Gasteiger partial charge on any atom is 0.0601 e. The normalized spacial score (nSPS) is 12.5. The average Bonchev–Trinajstić information content (AvgIpc) is 3.34. The highest BCUT2D eigenvalue weighted by atomic mass is 32.2. The molecule has 1 aliphatic rings. The molecule has 0 saturated carbocycles. The van der Waals surface area contributed by atoms with Gasteiger partial charge in [0, 0.05) is 31.9 Å². The van der Waals surface area contributed by atoms with Crippen molar-refractivity contribution >= 4 is 50.6 Å². The number of benzene rings is 6. The van der Waals surface area contributed by atoms with Crippen LogP contribution in [0.2, 0.25) is 0 Å². The van der Waals surface area contributed by atoms with Crippen molar-refractivity contribution in [1.82, 2.24) is 4.57 Å². The van der Waals surface area contributed by atoms with E-state index < -0.39 is 0 Å². The van der Waals surface area contributed by atoms with E-state index in [1.165, 1.54) is 65.5 Å². The SMILES string of the molecule is c1ccc2c(c1)Sc1ccccc1N2c1ccc(-c2ccc(-n3c4ccccc4c4ccccc43)cc2)cc1. The second-order valence-corrected chi connectivity index (χ2v) is 10.9. The number of para-hydroxylation sites is 4. The Balaban J connectivity index is 1.16. The van der Waals surface area contributed by atoms with Gasteiger partial charge in [0.05, 0.1) is 22.4 Å². The molecule has 0 bridgehead atoms. The molecular weight excluding hydrogens is 492 g/mol. The predicted octanol–water partition coefficient (Wildman–Crippen LogP) is 10.4. The van der Waals surface area contributed by atoms with Gasteiger partial charge >= 0.3 is 0 Å². The predicted molar refractivity (Wildman–Crippen MR) is 165 cm³/mol. The Hall–Kier alpha value is -4.73. The van der Waals surface area contributed by atoms with Crippen LogP contribution in [0.25, 0.3) is 38.6 Å². The zero-order chi connectivity index (χ0) is 25.8. The number of aromatic nitrogens is 1. The highest BCUT2D eigenvalue weighted by Crippen LogP contribution is 2.51. The lowest BCUT2D eigenvalue weighted by atomic mass is 10.0. The van der Waals surface area contributed by atoms with Crippen LogP contribution in [0.15, 0.2) is 155 Å². The third kappa shape index (κ3) is 3.58. The topological polar surface area (TPSA) is 8.17 Å². The van der Waals surface area contributed by atoms with Crippen molar-refractivity contribution in [2.75, 3.05) is 4.90 Å². The minimum atomic E-state index is 1.17. The van der Waals surface area contributed by atoms with Gasteiger partial charge in [-0.2, -0.15) is 0 Å². The summed E-state index contributed by atoms with van der Waals surface area (Å²) in [4.78, 5) is 4.93. The van der Waals surface area contributed by atoms with E-state index in [1.54, 1.807) is 0 Å². The van der Waals surface area contributed by atoms with Crippen LogP contribution < -0.4 is 4.90 Å². The molecular formula is C36H24N2S. The van der Waals surface area contributed by atoms with Gasteiger partial charge in [0.25, 0.3) is 0 Å². The van der Waals surface area contributed by atoms with Crippen molar-refractivity contribution in [3.63, 3.8) is 0 Å². The maximum atomic E-state index is 2.37. The summed E-state index contributed by atoms with van der Waals surface area (Å²) in [6, 6.07) is 52.5. The zero-order valence-electron chi connectivity index (χ0n) is 21.2. The summed E-state index contributed by atoms with van der Waals surface area (Å²) in [6.07, 6.45) is 0. The van der Waals surface area contributed by atoms with Gasteiger partial charge in [0.1, 0.15) is 0 Å². The Labute approximate surface area is 231 Å². The molecule has 8 rings (SSSR count). The van der Waals surface area contributed by atoms with E-state index >= 15 is 0 Å². The number of hydrogen-bond acceptors (Lipinski definition) is 2. The molecule has 1 aliphatic heterocycles. The number of rotatable bonds is 3. The molecule has 7 aromatic rings. The van der Waals surface area contributed by atoms with E-state index in [2.05, 4.69) is 155 Å². The quantitative estimate of drug-likeness (QED) is 0.231. The molecule has 6 aromatic carbocycles. The molecule has 0 atom stereocenters. The van der Waals surface area contributed by atoms with E-state index in [0.29, 0.717) is 0 Å². The summed E-state index contributed by atoms with van der Waals surface area (Å²) in [6.45, 7) is 0. The summed E-state index contributed by atoms with van der Waals surface area (Å²) in [5.41, 5.74) is 9.68. The summed E-state index contributed by atoms with van der Waals surface area (Å²) in [7, 11) is 0. The first-order valence-corrected chi connectivity index (χ1v) is 14.0. The molecule has 3 heteroatoms. The molecule has 0 saturated heterocycles. The van der Waals surface area contributed by atoms with Crippen molar-refractivity contribution in [3.05, 3.63) is 146 Å². The highest BCUT2D eigenvalue weighted by molar-refractivity contribution is 7.99. The summed E-state index contributed by atoms with van der Waals surface area (Å²) >= 11 is 1.84. The first kappa shape index (κ1) is 22.3. The van der Waals surface area contributed by atoms with E-state index in [0.717, 1.165) is 0 Å². The fraction of sp³-hybridized carbons (Fsp3) is 0. The Morgan fingerprint density at radius 2 is 0.821 bits per heavy atom. The molecule has 0 aliphatic carbocycles. The lowest BCUT2D eigenvalue weighted by Crippen LogP contribution is -2.14. The fourth-order valence-electron chi connectivity index (χ4n) is 5.79. The fourth-order valence-corrected chi connectivity index (χ4v) is 6.85. The molecule has 0 fully saturated rings. The van der Waals surface area contributed by atoms with E-state index in [9.17, 15) is 0 Å². The third-order valence-corrected chi connectivity index (χ3v) is 8.73. The Morgan fingerprint density at radius 1 is 0.385 bits per heavy atom. The van der Waals surface area contributed by atoms with Crippen molar-refractivity contribution in [3.8, 4) is 16.8 Å². The first-order valence-electron chi connectivity index (χ1n) is 13.2. The standard InChI is InChI=1S/C36H24N2S/c1-3-11-31-29(9-1)30-10-2-4-12-32(30)37(31)27-21-17-25(18-22-27)26-19-23-28(24-20-26)38-33-13-5-7-15-35(33)39-36-16-8-6-14-34(36)38/h1-24H. The Bertz CT molecular complexity index is 1890. The van der Waals surface area contributed by atoms with Crippen molar-refractivity contribution in [2.24, 2.45) is 0 Å². The summed E-state index contributed by atoms with van der Waals surface area (Å²) in [5.74, 6) is 0. The maximum absolute atomic E-state index is 2.37. The minimum absolute atomic E-state index is 1.17. The first-order chi connectivity index (χ1) is 19.3. The summed E-state index contributed by atoms with van der Waals surface area (Å²) < 4.78 is 2.36. The zero-order valence-corrected chi connectivity index (χ0v) is 22.0. The van der Waals surface area contributed by atoms with Crippen molar-refractivity contribution < 1.29 is 0 Å². The third-order valence-electron chi connectivity index (χ3n) is 7.60. The van der Waals surface area contributed by atoms with Gasteiger partial charge in [-0.1, -0.05) is 96.7 Å². The van der Waals surface area contributed by atoms with Crippen LogP contribution in [0.4, 0.5) is 17.1 Å². The lowest BCUT2D eigenvalue weighted by Gasteiger charge is -2.32. The molecule has 0 N–H and O–H groups in total. The molecule has 0 spiro atoms. The second-order valence-electron chi connectivity index (χ2n) is 9.84. The van der Waals surface area contributed by atoms with Gasteiger partial charge in [-0.15, -0.1) is 0 Å². The monoisotopic (exact) mass is 516 g/mol. The smallest absolute Gasteiger partial charge is 0.0601 e. The van der Waals surface area contributed by atoms with Crippen LogP contribution in [0, 0.1) is 0 Å². The number of nitrogens with zero attached hydrogens (tertiary/aromatic N) is 2. The molecule has 184 valence electrons. The van der Waals surface area contributed by atoms with Crippen molar-refractivity contribution in [1.29, 1.82) is 0 Å². The molecule has 1 aromatic heterocycles. The van der Waals surface area contributed by atoms with Crippen LogP contribution >= 0.6 is 11.8 Å². The Kier molecular flexibility index (Phi) is 5.10. The van der Waals surface area contributed by atoms with Crippen LogP contribution in [-0.4, -0.2) is 4.57 Å². The van der Waals surface area contributed by atoms with Crippen molar-refractivity contribution in [2.45, 2.75) is 9.79 Å². The van der Waals surface area contributed by atoms with Gasteiger partial charge in [0.2, 0.25) is 0 Å². The largest absolute Gasteiger partial charge is 0.309 e.